The summed E-state index contributed by atoms with van der Waals surface area (Å²) in [6.45, 7) is 0. The van der Waals surface area contributed by atoms with Crippen molar-refractivity contribution >= 4 is 11.7 Å². The Morgan fingerprint density at radius 2 is 1.89 bits per heavy atom. The lowest BCUT2D eigenvalue weighted by molar-refractivity contribution is -0.551. The molecule has 1 atom stereocenters. The molecular weight excluding hydrogens is 352 g/mol. The van der Waals surface area contributed by atoms with E-state index in [1.54, 1.807) is 29.4 Å². The predicted octanol–water partition coefficient (Wildman–Crippen LogP) is 3.37. The highest BCUT2D eigenvalue weighted by molar-refractivity contribution is 5.86. The van der Waals surface area contributed by atoms with Gasteiger partial charge < -0.3 is 4.42 Å². The van der Waals surface area contributed by atoms with Crippen LogP contribution < -0.4 is 9.88 Å². The fourth-order valence-corrected chi connectivity index (χ4v) is 3.43. The van der Waals surface area contributed by atoms with E-state index in [0.29, 0.717) is 17.9 Å². The molecule has 1 aliphatic rings. The second-order valence-electron chi connectivity index (χ2n) is 6.62. The van der Waals surface area contributed by atoms with E-state index < -0.39 is 6.04 Å². The van der Waals surface area contributed by atoms with Crippen molar-refractivity contribution in [3.8, 4) is 22.5 Å². The van der Waals surface area contributed by atoms with Crippen molar-refractivity contribution < 1.29 is 13.8 Å². The second kappa shape index (κ2) is 6.74. The molecule has 1 N–H and O–H groups in total. The zero-order valence-corrected chi connectivity index (χ0v) is 14.9. The Morgan fingerprint density at radius 3 is 2.64 bits per heavy atom. The first-order chi connectivity index (χ1) is 13.8. The monoisotopic (exact) mass is 369 g/mol. The molecule has 28 heavy (non-hydrogen) atoms. The lowest BCUT2D eigenvalue weighted by atomic mass is 10.1. The third-order valence-electron chi connectivity index (χ3n) is 4.79. The molecule has 0 radical (unpaired) electrons. The number of nitrogens with one attached hydrogen (secondary N) is 1. The van der Waals surface area contributed by atoms with Crippen LogP contribution in [0.4, 0.5) is 5.82 Å². The van der Waals surface area contributed by atoms with Crippen molar-refractivity contribution in [2.75, 3.05) is 5.32 Å². The maximum absolute atomic E-state index is 13.1. The molecular formula is C22H17N4O2+. The number of nitrogens with zero attached hydrogens (tertiary/aromatic N) is 3. The van der Waals surface area contributed by atoms with Crippen molar-refractivity contribution in [1.82, 2.24) is 9.97 Å². The van der Waals surface area contributed by atoms with Crippen molar-refractivity contribution in [1.29, 1.82) is 0 Å². The van der Waals surface area contributed by atoms with Gasteiger partial charge in [0, 0.05) is 23.5 Å². The Hall–Kier alpha value is -3.80. The summed E-state index contributed by atoms with van der Waals surface area (Å²) in [5.41, 5.74) is 3.23. The predicted molar refractivity (Wildman–Crippen MR) is 104 cm³/mol. The number of hydrogen-bond acceptors (Lipinski definition) is 5. The molecule has 0 spiro atoms. The highest BCUT2D eigenvalue weighted by atomic mass is 16.3. The number of furan rings is 1. The Morgan fingerprint density at radius 1 is 1.04 bits per heavy atom. The molecule has 136 valence electrons. The van der Waals surface area contributed by atoms with Gasteiger partial charge in [0.05, 0.1) is 12.7 Å². The molecule has 5 rings (SSSR count). The van der Waals surface area contributed by atoms with Crippen LogP contribution in [0.15, 0.2) is 83.9 Å². The highest BCUT2D eigenvalue weighted by Gasteiger charge is 2.41. The van der Waals surface area contributed by atoms with Crippen LogP contribution in [0.5, 0.6) is 0 Å². The van der Waals surface area contributed by atoms with E-state index in [-0.39, 0.29) is 5.91 Å². The number of hydrogen-bond donors (Lipinski definition) is 1. The summed E-state index contributed by atoms with van der Waals surface area (Å²) in [6.07, 6.45) is 7.36. The summed E-state index contributed by atoms with van der Waals surface area (Å²) < 4.78 is 7.08. The number of anilines is 1. The largest absolute Gasteiger partial charge is 0.469 e. The number of pyridine rings is 1. The van der Waals surface area contributed by atoms with E-state index in [9.17, 15) is 4.79 Å². The first kappa shape index (κ1) is 16.4. The summed E-state index contributed by atoms with van der Waals surface area (Å²) in [5.74, 6) is 1.41. The molecule has 3 aromatic heterocycles. The zero-order chi connectivity index (χ0) is 18.9. The molecule has 1 unspecified atom stereocenters. The molecule has 0 aliphatic carbocycles. The number of carbonyl (C=O) groups is 1. The minimum Gasteiger partial charge on any atom is -0.469 e. The number of aromatic nitrogens is 3. The van der Waals surface area contributed by atoms with Gasteiger partial charge >= 0.3 is 11.7 Å². The van der Waals surface area contributed by atoms with Crippen LogP contribution in [0.25, 0.3) is 22.5 Å². The molecule has 4 aromatic rings. The third-order valence-corrected chi connectivity index (χ3v) is 4.79. The molecule has 6 nitrogen and oxygen atoms in total. The van der Waals surface area contributed by atoms with Gasteiger partial charge in [-0.05, 0) is 24.3 Å². The van der Waals surface area contributed by atoms with Gasteiger partial charge in [0.15, 0.2) is 5.69 Å². The molecule has 0 bridgehead atoms. The van der Waals surface area contributed by atoms with Crippen molar-refractivity contribution in [3.05, 3.63) is 85.2 Å². The van der Waals surface area contributed by atoms with Crippen LogP contribution in [-0.4, -0.2) is 21.9 Å². The minimum atomic E-state index is -0.408. The molecule has 0 saturated heterocycles. The smallest absolute Gasteiger partial charge is 0.359 e. The number of fused-ring (bicyclic) bond motifs is 1. The Bertz CT molecular complexity index is 1130. The summed E-state index contributed by atoms with van der Waals surface area (Å²) in [6, 6.07) is 16.9. The SMILES string of the molecule is O=C1C(Cc2ccco2)Nc2c(-c3cccnc3)nc(-c3ccccc3)c[n+]21. The molecule has 6 heteroatoms. The fourth-order valence-electron chi connectivity index (χ4n) is 3.43. The van der Waals surface area contributed by atoms with E-state index >= 15 is 0 Å². The van der Waals surface area contributed by atoms with E-state index in [1.807, 2.05) is 54.6 Å². The Balaban J connectivity index is 1.63. The number of benzene rings is 1. The Labute approximate surface area is 161 Å². The maximum atomic E-state index is 13.1. The van der Waals surface area contributed by atoms with Gasteiger partial charge in [-0.1, -0.05) is 30.3 Å². The van der Waals surface area contributed by atoms with Gasteiger partial charge in [0.25, 0.3) is 0 Å². The molecule has 0 fully saturated rings. The standard InChI is InChI=1S/C22H16N4O2/c27-22-18(12-17-9-5-11-28-17)25-21-20(16-8-4-10-23-13-16)24-19(14-26(21)22)15-6-2-1-3-7-15/h1-11,13-14,18H,12H2/p+1. The quantitative estimate of drug-likeness (QED) is 0.559. The Kier molecular flexibility index (Phi) is 3.94. The molecule has 1 aromatic carbocycles. The van der Waals surface area contributed by atoms with Crippen LogP contribution in [0.3, 0.4) is 0 Å². The van der Waals surface area contributed by atoms with Crippen LogP contribution in [-0.2, 0) is 6.42 Å². The van der Waals surface area contributed by atoms with E-state index in [2.05, 4.69) is 10.3 Å². The van der Waals surface area contributed by atoms with Crippen LogP contribution in [0.2, 0.25) is 0 Å². The van der Waals surface area contributed by atoms with Crippen LogP contribution in [0.1, 0.15) is 10.6 Å². The first-order valence-corrected chi connectivity index (χ1v) is 9.05. The molecule has 0 amide bonds. The van der Waals surface area contributed by atoms with Gasteiger partial charge in [-0.2, -0.15) is 4.57 Å². The van der Waals surface area contributed by atoms with Crippen molar-refractivity contribution in [2.45, 2.75) is 12.5 Å². The number of rotatable bonds is 4. The zero-order valence-electron chi connectivity index (χ0n) is 14.9. The topological polar surface area (TPSA) is 71.9 Å². The summed E-state index contributed by atoms with van der Waals surface area (Å²) in [7, 11) is 0. The van der Waals surface area contributed by atoms with Crippen LogP contribution >= 0.6 is 0 Å². The van der Waals surface area contributed by atoms with Crippen molar-refractivity contribution in [2.24, 2.45) is 0 Å². The van der Waals surface area contributed by atoms with E-state index in [0.717, 1.165) is 22.6 Å². The second-order valence-corrected chi connectivity index (χ2v) is 6.62. The number of carbonyl (C=O) groups excluding carboxylic acids is 1. The average Bonchev–Trinajstić information content (AvgIpc) is 3.37. The van der Waals surface area contributed by atoms with Gasteiger partial charge in [-0.3, -0.25) is 10.3 Å². The highest BCUT2D eigenvalue weighted by Crippen LogP contribution is 2.29. The third kappa shape index (κ3) is 2.85. The van der Waals surface area contributed by atoms with Gasteiger partial charge in [-0.25, -0.2) is 9.78 Å². The van der Waals surface area contributed by atoms with Crippen molar-refractivity contribution in [3.63, 3.8) is 0 Å². The lowest BCUT2D eigenvalue weighted by Crippen LogP contribution is -2.43. The van der Waals surface area contributed by atoms with Gasteiger partial charge in [-0.15, -0.1) is 0 Å². The average molecular weight is 369 g/mol. The summed E-state index contributed by atoms with van der Waals surface area (Å²) >= 11 is 0. The van der Waals surface area contributed by atoms with Gasteiger partial charge in [0.1, 0.15) is 17.7 Å². The van der Waals surface area contributed by atoms with Gasteiger partial charge in [0.2, 0.25) is 6.04 Å². The molecule has 0 saturated carbocycles. The van der Waals surface area contributed by atoms with E-state index in [1.165, 1.54) is 0 Å². The first-order valence-electron chi connectivity index (χ1n) is 9.05. The maximum Gasteiger partial charge on any atom is 0.359 e. The van der Waals surface area contributed by atoms with Crippen LogP contribution in [0, 0.1) is 0 Å². The molecule has 4 heterocycles. The summed E-state index contributed by atoms with van der Waals surface area (Å²) in [5, 5.41) is 3.33. The normalized spacial score (nSPS) is 15.3. The fraction of sp³-hybridized carbons (Fsp3) is 0.0909. The summed E-state index contributed by atoms with van der Waals surface area (Å²) in [4.78, 5) is 22.2. The molecule has 1 aliphatic heterocycles. The lowest BCUT2D eigenvalue weighted by Gasteiger charge is -2.06. The van der Waals surface area contributed by atoms with E-state index in [4.69, 9.17) is 9.40 Å². The minimum absolute atomic E-state index is 0.0314.